The molecular formula is C13H10N4OS. The molecule has 0 spiro atoms. The molecule has 94 valence electrons. The van der Waals surface area contributed by atoms with Crippen LogP contribution in [0.1, 0.15) is 15.9 Å². The quantitative estimate of drug-likeness (QED) is 0.585. The highest BCUT2D eigenvalue weighted by molar-refractivity contribution is 7.99. The van der Waals surface area contributed by atoms with Crippen molar-refractivity contribution in [3.05, 3.63) is 41.7 Å². The van der Waals surface area contributed by atoms with E-state index >= 15 is 0 Å². The summed E-state index contributed by atoms with van der Waals surface area (Å²) in [5, 5.41) is 1.29. The Balaban J connectivity index is 1.89. The number of rotatable bonds is 3. The Bertz CT molecular complexity index is 736. The van der Waals surface area contributed by atoms with Crippen LogP contribution in [0.15, 0.2) is 40.9 Å². The number of nitrogens with one attached hydrogen (secondary N) is 1. The SMILES string of the molecule is Cc1ccc2nc(Sc3ncc(C=O)cn3)[nH]c2c1. The second-order valence-electron chi connectivity index (χ2n) is 4.08. The van der Waals surface area contributed by atoms with Gasteiger partial charge in [-0.25, -0.2) is 15.0 Å². The van der Waals surface area contributed by atoms with E-state index in [2.05, 4.69) is 19.9 Å². The number of carbonyl (C=O) groups is 1. The van der Waals surface area contributed by atoms with Gasteiger partial charge in [0.25, 0.3) is 0 Å². The molecule has 6 heteroatoms. The maximum absolute atomic E-state index is 10.5. The van der Waals surface area contributed by atoms with Crippen molar-refractivity contribution in [3.8, 4) is 0 Å². The first-order valence-electron chi connectivity index (χ1n) is 5.66. The van der Waals surface area contributed by atoms with Crippen molar-refractivity contribution >= 4 is 29.1 Å². The lowest BCUT2D eigenvalue weighted by molar-refractivity contribution is 0.112. The molecule has 5 nitrogen and oxygen atoms in total. The minimum absolute atomic E-state index is 0.463. The number of aromatic amines is 1. The van der Waals surface area contributed by atoms with Crippen molar-refractivity contribution in [2.24, 2.45) is 0 Å². The molecular weight excluding hydrogens is 260 g/mol. The van der Waals surface area contributed by atoms with Crippen LogP contribution in [-0.4, -0.2) is 26.2 Å². The Labute approximate surface area is 113 Å². The van der Waals surface area contributed by atoms with Crippen molar-refractivity contribution in [3.63, 3.8) is 0 Å². The Hall–Kier alpha value is -2.21. The van der Waals surface area contributed by atoms with Gasteiger partial charge in [-0.2, -0.15) is 0 Å². The molecule has 0 aliphatic carbocycles. The van der Waals surface area contributed by atoms with E-state index in [1.165, 1.54) is 29.7 Å². The molecule has 0 radical (unpaired) electrons. The average Bonchev–Trinajstić information content (AvgIpc) is 2.81. The first kappa shape index (κ1) is 11.9. The monoisotopic (exact) mass is 270 g/mol. The Morgan fingerprint density at radius 3 is 2.79 bits per heavy atom. The molecule has 3 rings (SSSR count). The van der Waals surface area contributed by atoms with Gasteiger partial charge in [0.05, 0.1) is 16.6 Å². The van der Waals surface area contributed by atoms with Gasteiger partial charge in [-0.3, -0.25) is 4.79 Å². The van der Waals surface area contributed by atoms with Crippen molar-refractivity contribution in [2.45, 2.75) is 17.2 Å². The van der Waals surface area contributed by atoms with Gasteiger partial charge in [-0.05, 0) is 36.4 Å². The van der Waals surface area contributed by atoms with Gasteiger partial charge >= 0.3 is 0 Å². The summed E-state index contributed by atoms with van der Waals surface area (Å²) in [6, 6.07) is 6.04. The molecule has 0 saturated heterocycles. The van der Waals surface area contributed by atoms with E-state index in [-0.39, 0.29) is 0 Å². The van der Waals surface area contributed by atoms with Gasteiger partial charge in [-0.1, -0.05) is 6.07 Å². The molecule has 2 heterocycles. The highest BCUT2D eigenvalue weighted by Gasteiger charge is 2.06. The van der Waals surface area contributed by atoms with Gasteiger partial charge in [-0.15, -0.1) is 0 Å². The van der Waals surface area contributed by atoms with Crippen molar-refractivity contribution in [2.75, 3.05) is 0 Å². The molecule has 0 saturated carbocycles. The molecule has 1 aromatic carbocycles. The lowest BCUT2D eigenvalue weighted by Crippen LogP contribution is -1.89. The number of benzene rings is 1. The minimum Gasteiger partial charge on any atom is -0.333 e. The fourth-order valence-corrected chi connectivity index (χ4v) is 2.36. The maximum atomic E-state index is 10.5. The van der Waals surface area contributed by atoms with E-state index in [1.54, 1.807) is 0 Å². The van der Waals surface area contributed by atoms with Crippen LogP contribution in [0.3, 0.4) is 0 Å². The van der Waals surface area contributed by atoms with Crippen LogP contribution in [0.2, 0.25) is 0 Å². The Morgan fingerprint density at radius 2 is 2.05 bits per heavy atom. The van der Waals surface area contributed by atoms with E-state index in [9.17, 15) is 4.79 Å². The molecule has 0 bridgehead atoms. The third-order valence-corrected chi connectivity index (χ3v) is 3.37. The summed E-state index contributed by atoms with van der Waals surface area (Å²) in [5.41, 5.74) is 3.55. The molecule has 3 aromatic rings. The van der Waals surface area contributed by atoms with Gasteiger partial charge in [0.15, 0.2) is 16.6 Å². The van der Waals surface area contributed by atoms with E-state index in [0.717, 1.165) is 22.5 Å². The molecule has 1 N–H and O–H groups in total. The van der Waals surface area contributed by atoms with Crippen LogP contribution in [0.4, 0.5) is 0 Å². The highest BCUT2D eigenvalue weighted by atomic mass is 32.2. The van der Waals surface area contributed by atoms with Crippen molar-refractivity contribution in [1.29, 1.82) is 0 Å². The van der Waals surface area contributed by atoms with Gasteiger partial charge in [0.2, 0.25) is 0 Å². The second kappa shape index (κ2) is 4.81. The summed E-state index contributed by atoms with van der Waals surface area (Å²) in [4.78, 5) is 26.4. The molecule has 0 unspecified atom stereocenters. The smallest absolute Gasteiger partial charge is 0.195 e. The predicted octanol–water partition coefficient (Wildman–Crippen LogP) is 2.63. The van der Waals surface area contributed by atoms with Gasteiger partial charge in [0.1, 0.15) is 0 Å². The number of hydrogen-bond donors (Lipinski definition) is 1. The topological polar surface area (TPSA) is 71.5 Å². The summed E-state index contributed by atoms with van der Waals surface area (Å²) in [6.07, 6.45) is 3.71. The molecule has 0 fully saturated rings. The highest BCUT2D eigenvalue weighted by Crippen LogP contribution is 2.24. The number of fused-ring (bicyclic) bond motifs is 1. The summed E-state index contributed by atoms with van der Waals surface area (Å²) in [6.45, 7) is 2.04. The molecule has 19 heavy (non-hydrogen) atoms. The van der Waals surface area contributed by atoms with Gasteiger partial charge < -0.3 is 4.98 Å². The summed E-state index contributed by atoms with van der Waals surface area (Å²) < 4.78 is 0. The number of nitrogens with zero attached hydrogens (tertiary/aromatic N) is 3. The number of carbonyl (C=O) groups excluding carboxylic acids is 1. The molecule has 0 aliphatic heterocycles. The third-order valence-electron chi connectivity index (χ3n) is 2.59. The average molecular weight is 270 g/mol. The number of hydrogen-bond acceptors (Lipinski definition) is 5. The first-order valence-corrected chi connectivity index (χ1v) is 6.48. The number of imidazole rings is 1. The zero-order chi connectivity index (χ0) is 13.2. The van der Waals surface area contributed by atoms with Crippen molar-refractivity contribution in [1.82, 2.24) is 19.9 Å². The molecule has 0 atom stereocenters. The van der Waals surface area contributed by atoms with Crippen LogP contribution in [0.5, 0.6) is 0 Å². The van der Waals surface area contributed by atoms with Crippen LogP contribution >= 0.6 is 11.8 Å². The molecule has 0 aliphatic rings. The van der Waals surface area contributed by atoms with Crippen molar-refractivity contribution < 1.29 is 4.79 Å². The fraction of sp³-hybridized carbons (Fsp3) is 0.0769. The van der Waals surface area contributed by atoms with Crippen LogP contribution in [0, 0.1) is 6.92 Å². The van der Waals surface area contributed by atoms with Crippen LogP contribution in [0.25, 0.3) is 11.0 Å². The van der Waals surface area contributed by atoms with E-state index in [0.29, 0.717) is 10.7 Å². The third kappa shape index (κ3) is 2.48. The number of aldehydes is 1. The predicted molar refractivity (Wildman–Crippen MR) is 72.4 cm³/mol. The van der Waals surface area contributed by atoms with E-state index in [1.807, 2.05) is 25.1 Å². The number of aromatic nitrogens is 4. The van der Waals surface area contributed by atoms with Crippen LogP contribution < -0.4 is 0 Å². The summed E-state index contributed by atoms with van der Waals surface area (Å²) >= 11 is 1.33. The van der Waals surface area contributed by atoms with E-state index in [4.69, 9.17) is 0 Å². The minimum atomic E-state index is 0.463. The Kier molecular flexibility index (Phi) is 3.00. The summed E-state index contributed by atoms with van der Waals surface area (Å²) in [7, 11) is 0. The Morgan fingerprint density at radius 1 is 1.26 bits per heavy atom. The normalized spacial score (nSPS) is 10.8. The lowest BCUT2D eigenvalue weighted by Gasteiger charge is -1.95. The lowest BCUT2D eigenvalue weighted by atomic mass is 10.2. The second-order valence-corrected chi connectivity index (χ2v) is 5.04. The first-order chi connectivity index (χ1) is 9.24. The summed E-state index contributed by atoms with van der Waals surface area (Å²) in [5.74, 6) is 0. The largest absolute Gasteiger partial charge is 0.333 e. The number of aryl methyl sites for hydroxylation is 1. The maximum Gasteiger partial charge on any atom is 0.195 e. The molecule has 0 amide bonds. The van der Waals surface area contributed by atoms with Crippen LogP contribution in [-0.2, 0) is 0 Å². The fourth-order valence-electron chi connectivity index (χ4n) is 1.67. The zero-order valence-electron chi connectivity index (χ0n) is 10.1. The van der Waals surface area contributed by atoms with E-state index < -0.39 is 0 Å². The zero-order valence-corrected chi connectivity index (χ0v) is 10.9. The van der Waals surface area contributed by atoms with Gasteiger partial charge in [0, 0.05) is 12.4 Å². The molecule has 2 aromatic heterocycles. The standard InChI is InChI=1S/C13H10N4OS/c1-8-2-3-10-11(4-8)17-13(16-10)19-12-14-5-9(7-18)6-15-12/h2-7H,1H3,(H,16,17). The number of H-pyrrole nitrogens is 1.